The fourth-order valence-electron chi connectivity index (χ4n) is 3.52. The molecule has 0 aliphatic carbocycles. The zero-order valence-corrected chi connectivity index (χ0v) is 21.2. The predicted octanol–water partition coefficient (Wildman–Crippen LogP) is 4.04. The van der Waals surface area contributed by atoms with Crippen molar-refractivity contribution in [1.82, 2.24) is 15.5 Å². The lowest BCUT2D eigenvalue weighted by Gasteiger charge is -2.43. The Bertz CT molecular complexity index is 679. The van der Waals surface area contributed by atoms with E-state index in [0.717, 1.165) is 50.7 Å². The lowest BCUT2D eigenvalue weighted by Crippen LogP contribution is -2.57. The molecule has 0 bridgehead atoms. The maximum atomic E-state index is 13.4. The van der Waals surface area contributed by atoms with Crippen LogP contribution in [0.15, 0.2) is 23.2 Å². The van der Waals surface area contributed by atoms with E-state index in [9.17, 15) is 4.39 Å². The van der Waals surface area contributed by atoms with Crippen molar-refractivity contribution in [3.63, 3.8) is 0 Å². The molecule has 5 nitrogen and oxygen atoms in total. The van der Waals surface area contributed by atoms with E-state index >= 15 is 0 Å². The lowest BCUT2D eigenvalue weighted by atomic mass is 9.84. The van der Waals surface area contributed by atoms with Crippen LogP contribution in [0.25, 0.3) is 0 Å². The highest BCUT2D eigenvalue weighted by Crippen LogP contribution is 2.31. The molecule has 0 radical (unpaired) electrons. The van der Waals surface area contributed by atoms with Crippen LogP contribution < -0.4 is 10.6 Å². The van der Waals surface area contributed by atoms with E-state index < -0.39 is 0 Å². The van der Waals surface area contributed by atoms with Gasteiger partial charge in [-0.1, -0.05) is 31.5 Å². The highest BCUT2D eigenvalue weighted by Gasteiger charge is 2.35. The van der Waals surface area contributed by atoms with Crippen LogP contribution in [0.2, 0.25) is 5.02 Å². The van der Waals surface area contributed by atoms with Gasteiger partial charge in [-0.25, -0.2) is 4.39 Å². The van der Waals surface area contributed by atoms with Crippen LogP contribution in [0.1, 0.15) is 39.2 Å². The Morgan fingerprint density at radius 3 is 2.48 bits per heavy atom. The number of nitrogens with zero attached hydrogens (tertiary/aromatic N) is 2. The standard InChI is InChI=1S/C21H34ClFN4O.HI/c1-6-24-19(26-15-21(27(4)5)9-11-28-12-10-21)25-14-20(2,3)17-8-7-16(23)13-18(17)22;/h7-8,13H,6,9-12,14-15H2,1-5H3,(H2,24,25,26);1H. The third kappa shape index (κ3) is 7.22. The minimum atomic E-state index is -0.325. The van der Waals surface area contributed by atoms with E-state index in [0.29, 0.717) is 11.6 Å². The maximum Gasteiger partial charge on any atom is 0.191 e. The molecule has 2 N–H and O–H groups in total. The van der Waals surface area contributed by atoms with Crippen molar-refractivity contribution >= 4 is 41.5 Å². The van der Waals surface area contributed by atoms with Crippen molar-refractivity contribution < 1.29 is 9.13 Å². The Balaban J connectivity index is 0.00000420. The number of nitrogens with one attached hydrogen (secondary N) is 2. The maximum absolute atomic E-state index is 13.4. The number of benzene rings is 1. The summed E-state index contributed by atoms with van der Waals surface area (Å²) < 4.78 is 18.9. The molecule has 0 amide bonds. The molecule has 1 aromatic rings. The van der Waals surface area contributed by atoms with Gasteiger partial charge in [0.2, 0.25) is 0 Å². The molecule has 0 spiro atoms. The second-order valence-corrected chi connectivity index (χ2v) is 8.70. The molecule has 2 rings (SSSR count). The van der Waals surface area contributed by atoms with E-state index in [4.69, 9.17) is 21.3 Å². The van der Waals surface area contributed by atoms with Crippen molar-refractivity contribution in [2.45, 2.75) is 44.6 Å². The van der Waals surface area contributed by atoms with Gasteiger partial charge in [-0.05, 0) is 51.6 Å². The summed E-state index contributed by atoms with van der Waals surface area (Å²) >= 11 is 6.27. The summed E-state index contributed by atoms with van der Waals surface area (Å²) in [5.41, 5.74) is 0.638. The van der Waals surface area contributed by atoms with Gasteiger partial charge in [-0.3, -0.25) is 4.99 Å². The van der Waals surface area contributed by atoms with Gasteiger partial charge >= 0.3 is 0 Å². The molecule has 0 aromatic heterocycles. The van der Waals surface area contributed by atoms with E-state index in [2.05, 4.69) is 50.4 Å². The summed E-state index contributed by atoms with van der Waals surface area (Å²) in [6, 6.07) is 4.55. The number of ether oxygens (including phenoxy) is 1. The number of aliphatic imine (C=N–C) groups is 1. The highest BCUT2D eigenvalue weighted by atomic mass is 127. The van der Waals surface area contributed by atoms with E-state index in [1.165, 1.54) is 12.1 Å². The van der Waals surface area contributed by atoms with Crippen LogP contribution >= 0.6 is 35.6 Å². The second kappa shape index (κ2) is 11.7. The number of hydrogen-bond acceptors (Lipinski definition) is 3. The fourth-order valence-corrected chi connectivity index (χ4v) is 3.95. The number of likely N-dealkylation sites (N-methyl/N-ethyl adjacent to an activating group) is 1. The third-order valence-electron chi connectivity index (χ3n) is 5.59. The first-order chi connectivity index (χ1) is 13.2. The molecule has 29 heavy (non-hydrogen) atoms. The van der Waals surface area contributed by atoms with Crippen molar-refractivity contribution in [3.8, 4) is 0 Å². The third-order valence-corrected chi connectivity index (χ3v) is 5.91. The van der Waals surface area contributed by atoms with Gasteiger partial charge in [0.15, 0.2) is 5.96 Å². The predicted molar refractivity (Wildman–Crippen MR) is 130 cm³/mol. The zero-order valence-electron chi connectivity index (χ0n) is 18.1. The van der Waals surface area contributed by atoms with E-state index in [-0.39, 0.29) is 40.7 Å². The summed E-state index contributed by atoms with van der Waals surface area (Å²) in [7, 11) is 4.24. The molecule has 166 valence electrons. The van der Waals surface area contributed by atoms with Crippen molar-refractivity contribution in [2.75, 3.05) is 46.9 Å². The monoisotopic (exact) mass is 540 g/mol. The topological polar surface area (TPSA) is 48.9 Å². The van der Waals surface area contributed by atoms with Gasteiger partial charge in [0.05, 0.1) is 6.54 Å². The molecule has 8 heteroatoms. The highest BCUT2D eigenvalue weighted by molar-refractivity contribution is 14.0. The summed E-state index contributed by atoms with van der Waals surface area (Å²) in [6.07, 6.45) is 1.98. The van der Waals surface area contributed by atoms with Crippen LogP contribution in [0.3, 0.4) is 0 Å². The fraction of sp³-hybridized carbons (Fsp3) is 0.667. The summed E-state index contributed by atoms with van der Waals surface area (Å²) in [4.78, 5) is 7.08. The van der Waals surface area contributed by atoms with Crippen LogP contribution in [0, 0.1) is 5.82 Å². The Hall–Kier alpha value is -0.640. The van der Waals surface area contributed by atoms with Gasteiger partial charge in [0, 0.05) is 42.3 Å². The SMILES string of the molecule is CCNC(=NCC(C)(C)c1ccc(F)cc1Cl)NCC1(N(C)C)CCOCC1.I. The Kier molecular flexibility index (Phi) is 10.6. The van der Waals surface area contributed by atoms with Gasteiger partial charge in [0.1, 0.15) is 5.82 Å². The Morgan fingerprint density at radius 2 is 1.93 bits per heavy atom. The first kappa shape index (κ1) is 26.4. The second-order valence-electron chi connectivity index (χ2n) is 8.29. The molecule has 1 saturated heterocycles. The zero-order chi connectivity index (χ0) is 20.8. The van der Waals surface area contributed by atoms with Crippen molar-refractivity contribution in [2.24, 2.45) is 4.99 Å². The molecular weight excluding hydrogens is 506 g/mol. The van der Waals surface area contributed by atoms with Crippen LogP contribution in [-0.4, -0.2) is 63.3 Å². The average Bonchev–Trinajstić information content (AvgIpc) is 2.64. The molecule has 0 unspecified atom stereocenters. The molecule has 1 aromatic carbocycles. The molecule has 1 heterocycles. The smallest absolute Gasteiger partial charge is 0.191 e. The van der Waals surface area contributed by atoms with Crippen LogP contribution in [-0.2, 0) is 10.2 Å². The minimum Gasteiger partial charge on any atom is -0.381 e. The molecular formula is C21H35ClFIN4O. The van der Waals surface area contributed by atoms with Gasteiger partial charge in [-0.15, -0.1) is 24.0 Å². The molecule has 0 atom stereocenters. The van der Waals surface area contributed by atoms with Gasteiger partial charge in [0.25, 0.3) is 0 Å². The van der Waals surface area contributed by atoms with Gasteiger partial charge < -0.3 is 20.3 Å². The largest absolute Gasteiger partial charge is 0.381 e. The Morgan fingerprint density at radius 1 is 1.28 bits per heavy atom. The first-order valence-corrected chi connectivity index (χ1v) is 10.3. The van der Waals surface area contributed by atoms with Crippen molar-refractivity contribution in [1.29, 1.82) is 0 Å². The average molecular weight is 541 g/mol. The van der Waals surface area contributed by atoms with Crippen molar-refractivity contribution in [3.05, 3.63) is 34.6 Å². The molecule has 1 aliphatic rings. The van der Waals surface area contributed by atoms with E-state index in [1.807, 2.05) is 0 Å². The van der Waals surface area contributed by atoms with Crippen LogP contribution in [0.5, 0.6) is 0 Å². The molecule has 0 saturated carbocycles. The summed E-state index contributed by atoms with van der Waals surface area (Å²) in [6.45, 7) is 9.86. The summed E-state index contributed by atoms with van der Waals surface area (Å²) in [5.74, 6) is 0.454. The van der Waals surface area contributed by atoms with Gasteiger partial charge in [-0.2, -0.15) is 0 Å². The molecule has 1 aliphatic heterocycles. The van der Waals surface area contributed by atoms with Crippen LogP contribution in [0.4, 0.5) is 4.39 Å². The molecule has 1 fully saturated rings. The first-order valence-electron chi connectivity index (χ1n) is 9.93. The van der Waals surface area contributed by atoms with E-state index in [1.54, 1.807) is 6.07 Å². The quantitative estimate of drug-likeness (QED) is 0.311. The number of guanidine groups is 1. The number of halogens is 3. The summed E-state index contributed by atoms with van der Waals surface area (Å²) in [5, 5.41) is 7.27. The Labute approximate surface area is 196 Å². The lowest BCUT2D eigenvalue weighted by molar-refractivity contribution is -0.00501. The minimum absolute atomic E-state index is 0. The number of rotatable bonds is 7. The number of hydrogen-bond donors (Lipinski definition) is 2. The normalized spacial score (nSPS) is 17.0.